The first-order valence-electron chi connectivity index (χ1n) is 3.43. The van der Waals surface area contributed by atoms with E-state index in [9.17, 15) is 0 Å². The van der Waals surface area contributed by atoms with E-state index < -0.39 is 0 Å². The first-order chi connectivity index (χ1) is 3.81. The van der Waals surface area contributed by atoms with Crippen LogP contribution in [0.3, 0.4) is 0 Å². The van der Waals surface area contributed by atoms with Gasteiger partial charge in [-0.25, -0.2) is 0 Å². The van der Waals surface area contributed by atoms with Crippen LogP contribution in [0.15, 0.2) is 11.6 Å². The average molecular weight is 152 g/mol. The fourth-order valence-corrected chi connectivity index (χ4v) is 0.600. The Balaban J connectivity index is 0. The van der Waals surface area contributed by atoms with Crippen LogP contribution in [-0.2, 0) is 0 Å². The van der Waals surface area contributed by atoms with Gasteiger partial charge in [0.15, 0.2) is 0 Å². The van der Waals surface area contributed by atoms with Crippen LogP contribution in [0.1, 0.15) is 40.0 Å². The molecule has 0 aliphatic carbocycles. The summed E-state index contributed by atoms with van der Waals surface area (Å²) in [5, 5.41) is 0. The molecule has 0 aliphatic heterocycles. The quantitative estimate of drug-likeness (QED) is 0.430. The molecule has 0 aromatic carbocycles. The van der Waals surface area contributed by atoms with Gasteiger partial charge >= 0.3 is 51.4 Å². The van der Waals surface area contributed by atoms with Gasteiger partial charge in [-0.15, -0.1) is 0 Å². The molecule has 0 aromatic heterocycles. The van der Waals surface area contributed by atoms with Crippen molar-refractivity contribution in [3.63, 3.8) is 0 Å². The zero-order valence-electron chi connectivity index (χ0n) is 6.20. The van der Waals surface area contributed by atoms with Crippen molar-refractivity contribution in [1.82, 2.24) is 0 Å². The Bertz CT molecular complexity index is 74.6. The SMILES string of the molecule is CC=C(C)CCCC.[KH]. The Morgan fingerprint density at radius 3 is 2.33 bits per heavy atom. The number of rotatable bonds is 3. The van der Waals surface area contributed by atoms with Crippen molar-refractivity contribution in [2.24, 2.45) is 0 Å². The van der Waals surface area contributed by atoms with E-state index in [1.54, 1.807) is 0 Å². The third kappa shape index (κ3) is 9.38. The molecule has 1 heteroatoms. The van der Waals surface area contributed by atoms with Crippen LogP contribution in [0.4, 0.5) is 0 Å². The van der Waals surface area contributed by atoms with E-state index in [0.717, 1.165) is 0 Å². The molecular formula is C8H17K. The summed E-state index contributed by atoms with van der Waals surface area (Å²) in [4.78, 5) is 0. The molecule has 0 rings (SSSR count). The summed E-state index contributed by atoms with van der Waals surface area (Å²) in [5.41, 5.74) is 1.52. The van der Waals surface area contributed by atoms with Crippen LogP contribution in [0.25, 0.3) is 0 Å². The second kappa shape index (κ2) is 9.38. The molecule has 0 N–H and O–H groups in total. The molecule has 0 fully saturated rings. The van der Waals surface area contributed by atoms with Gasteiger partial charge in [0.05, 0.1) is 0 Å². The van der Waals surface area contributed by atoms with Crippen LogP contribution in [0.2, 0.25) is 0 Å². The molecule has 0 saturated carbocycles. The van der Waals surface area contributed by atoms with Gasteiger partial charge in [0.1, 0.15) is 0 Å². The normalized spacial score (nSPS) is 10.8. The molecule has 0 unspecified atom stereocenters. The van der Waals surface area contributed by atoms with Crippen LogP contribution < -0.4 is 0 Å². The molecule has 0 amide bonds. The molecule has 0 heterocycles. The number of hydrogen-bond acceptors (Lipinski definition) is 0. The third-order valence-electron chi connectivity index (χ3n) is 1.42. The third-order valence-corrected chi connectivity index (χ3v) is 1.42. The Morgan fingerprint density at radius 1 is 1.44 bits per heavy atom. The molecule has 0 bridgehead atoms. The van der Waals surface area contributed by atoms with Crippen molar-refractivity contribution in [3.05, 3.63) is 11.6 Å². The molecule has 0 aliphatic rings. The average Bonchev–Trinajstić information content (AvgIpc) is 1.83. The molecule has 0 spiro atoms. The van der Waals surface area contributed by atoms with Crippen LogP contribution in [0.5, 0.6) is 0 Å². The molecule has 0 aromatic rings. The fraction of sp³-hybridized carbons (Fsp3) is 0.750. The van der Waals surface area contributed by atoms with Crippen molar-refractivity contribution >= 4 is 51.4 Å². The zero-order valence-corrected chi connectivity index (χ0v) is 6.20. The first kappa shape index (κ1) is 13.0. The number of allylic oxidation sites excluding steroid dienone is 2. The minimum absolute atomic E-state index is 0. The summed E-state index contributed by atoms with van der Waals surface area (Å²) in [5.74, 6) is 0. The standard InChI is InChI=1S/C8H16.K.H/c1-4-6-7-8(3)5-2;;/h5H,4,6-7H2,1-3H3;;. The monoisotopic (exact) mass is 152 g/mol. The summed E-state index contributed by atoms with van der Waals surface area (Å²) in [6.45, 7) is 6.52. The van der Waals surface area contributed by atoms with Gasteiger partial charge in [0, 0.05) is 0 Å². The van der Waals surface area contributed by atoms with Gasteiger partial charge in [0.2, 0.25) is 0 Å². The van der Waals surface area contributed by atoms with Crippen LogP contribution in [0, 0.1) is 0 Å². The van der Waals surface area contributed by atoms with Gasteiger partial charge in [0.25, 0.3) is 0 Å². The molecule has 9 heavy (non-hydrogen) atoms. The first-order valence-corrected chi connectivity index (χ1v) is 3.43. The summed E-state index contributed by atoms with van der Waals surface area (Å²) in [6.07, 6.45) is 6.13. The van der Waals surface area contributed by atoms with Gasteiger partial charge in [-0.3, -0.25) is 0 Å². The molecule has 0 saturated heterocycles. The van der Waals surface area contributed by atoms with Crippen LogP contribution >= 0.6 is 0 Å². The van der Waals surface area contributed by atoms with E-state index >= 15 is 0 Å². The zero-order chi connectivity index (χ0) is 6.41. The topological polar surface area (TPSA) is 0 Å². The Morgan fingerprint density at radius 2 is 2.00 bits per heavy atom. The van der Waals surface area contributed by atoms with Crippen molar-refractivity contribution in [2.75, 3.05) is 0 Å². The van der Waals surface area contributed by atoms with Crippen molar-refractivity contribution in [3.8, 4) is 0 Å². The maximum atomic E-state index is 2.23. The van der Waals surface area contributed by atoms with Crippen molar-refractivity contribution < 1.29 is 0 Å². The van der Waals surface area contributed by atoms with Gasteiger partial charge in [-0.05, 0) is 26.7 Å². The molecule has 50 valence electrons. The Hall–Kier alpha value is 1.38. The van der Waals surface area contributed by atoms with Gasteiger partial charge in [-0.1, -0.05) is 25.0 Å². The van der Waals surface area contributed by atoms with Crippen molar-refractivity contribution in [1.29, 1.82) is 0 Å². The Kier molecular flexibility index (Phi) is 13.5. The summed E-state index contributed by atoms with van der Waals surface area (Å²) >= 11 is 0. The number of hydrogen-bond donors (Lipinski definition) is 0. The van der Waals surface area contributed by atoms with E-state index in [2.05, 4.69) is 26.8 Å². The molecule has 0 radical (unpaired) electrons. The fourth-order valence-electron chi connectivity index (χ4n) is 0.600. The summed E-state index contributed by atoms with van der Waals surface area (Å²) < 4.78 is 0. The predicted octanol–water partition coefficient (Wildman–Crippen LogP) is 2.49. The summed E-state index contributed by atoms with van der Waals surface area (Å²) in [6, 6.07) is 0. The predicted molar refractivity (Wildman–Crippen MR) is 46.1 cm³/mol. The second-order valence-electron chi connectivity index (χ2n) is 2.24. The molecule has 0 nitrogen and oxygen atoms in total. The molecule has 0 atom stereocenters. The van der Waals surface area contributed by atoms with E-state index in [-0.39, 0.29) is 51.4 Å². The number of unbranched alkanes of at least 4 members (excludes halogenated alkanes) is 1. The van der Waals surface area contributed by atoms with E-state index in [1.807, 2.05) is 0 Å². The van der Waals surface area contributed by atoms with Gasteiger partial charge in [-0.2, -0.15) is 0 Å². The van der Waals surface area contributed by atoms with Crippen LogP contribution in [-0.4, -0.2) is 51.4 Å². The minimum atomic E-state index is 0. The molecular weight excluding hydrogens is 135 g/mol. The van der Waals surface area contributed by atoms with E-state index in [1.165, 1.54) is 24.8 Å². The maximum absolute atomic E-state index is 2.23. The second-order valence-corrected chi connectivity index (χ2v) is 2.24. The Labute approximate surface area is 102 Å². The summed E-state index contributed by atoms with van der Waals surface area (Å²) in [7, 11) is 0. The van der Waals surface area contributed by atoms with E-state index in [0.29, 0.717) is 0 Å². The van der Waals surface area contributed by atoms with E-state index in [4.69, 9.17) is 0 Å². The van der Waals surface area contributed by atoms with Crippen molar-refractivity contribution in [2.45, 2.75) is 40.0 Å². The van der Waals surface area contributed by atoms with Gasteiger partial charge < -0.3 is 0 Å².